The third-order valence-electron chi connectivity index (χ3n) is 2.75. The van der Waals surface area contributed by atoms with Crippen LogP contribution in [0.1, 0.15) is 32.6 Å². The minimum Gasteiger partial charge on any atom is -0.481 e. The van der Waals surface area contributed by atoms with Crippen molar-refractivity contribution in [3.63, 3.8) is 0 Å². The molecule has 0 spiro atoms. The number of hydrogen-bond donors (Lipinski definition) is 2. The molecule has 1 fully saturated rings. The van der Waals surface area contributed by atoms with Gasteiger partial charge >= 0.3 is 5.97 Å². The Balaban J connectivity index is 2.01. The second-order valence-electron chi connectivity index (χ2n) is 4.07. The van der Waals surface area contributed by atoms with Crippen molar-refractivity contribution in [3.8, 4) is 0 Å². The molecule has 5 heteroatoms. The monoisotopic (exact) mass is 229 g/mol. The number of rotatable bonds is 7. The van der Waals surface area contributed by atoms with Crippen LogP contribution in [0.15, 0.2) is 0 Å². The van der Waals surface area contributed by atoms with Crippen LogP contribution in [0.3, 0.4) is 0 Å². The summed E-state index contributed by atoms with van der Waals surface area (Å²) < 4.78 is 5.12. The molecule has 16 heavy (non-hydrogen) atoms. The zero-order chi connectivity index (χ0) is 12.0. The van der Waals surface area contributed by atoms with Crippen molar-refractivity contribution in [1.82, 2.24) is 5.32 Å². The van der Waals surface area contributed by atoms with Crippen LogP contribution in [0.2, 0.25) is 0 Å². The SMILES string of the molecule is CCOCCCC(=O)NC1CC(C(=O)O)C1. The van der Waals surface area contributed by atoms with Crippen molar-refractivity contribution >= 4 is 11.9 Å². The zero-order valence-electron chi connectivity index (χ0n) is 9.57. The molecule has 2 N–H and O–H groups in total. The third kappa shape index (κ3) is 4.18. The maximum Gasteiger partial charge on any atom is 0.306 e. The second kappa shape index (κ2) is 6.48. The van der Waals surface area contributed by atoms with E-state index in [-0.39, 0.29) is 17.9 Å². The summed E-state index contributed by atoms with van der Waals surface area (Å²) >= 11 is 0. The summed E-state index contributed by atoms with van der Waals surface area (Å²) in [6.45, 7) is 3.19. The third-order valence-corrected chi connectivity index (χ3v) is 2.75. The summed E-state index contributed by atoms with van der Waals surface area (Å²) in [5.74, 6) is -1.04. The summed E-state index contributed by atoms with van der Waals surface area (Å²) in [7, 11) is 0. The summed E-state index contributed by atoms with van der Waals surface area (Å²) in [4.78, 5) is 21.9. The highest BCUT2D eigenvalue weighted by Gasteiger charge is 2.34. The van der Waals surface area contributed by atoms with Crippen LogP contribution >= 0.6 is 0 Å². The van der Waals surface area contributed by atoms with Crippen molar-refractivity contribution in [1.29, 1.82) is 0 Å². The fourth-order valence-corrected chi connectivity index (χ4v) is 1.72. The summed E-state index contributed by atoms with van der Waals surface area (Å²) in [6.07, 6.45) is 2.29. The molecule has 1 amide bonds. The van der Waals surface area contributed by atoms with Crippen LogP contribution in [-0.2, 0) is 14.3 Å². The van der Waals surface area contributed by atoms with E-state index >= 15 is 0 Å². The Labute approximate surface area is 95.2 Å². The van der Waals surface area contributed by atoms with E-state index in [0.29, 0.717) is 32.5 Å². The summed E-state index contributed by atoms with van der Waals surface area (Å²) in [5, 5.41) is 11.5. The van der Waals surface area contributed by atoms with Gasteiger partial charge in [-0.05, 0) is 26.2 Å². The molecular formula is C11H19NO4. The quantitative estimate of drug-likeness (QED) is 0.633. The van der Waals surface area contributed by atoms with E-state index in [2.05, 4.69) is 5.32 Å². The molecule has 5 nitrogen and oxygen atoms in total. The first-order valence-corrected chi connectivity index (χ1v) is 5.73. The van der Waals surface area contributed by atoms with E-state index in [4.69, 9.17) is 9.84 Å². The summed E-state index contributed by atoms with van der Waals surface area (Å²) in [5.41, 5.74) is 0. The molecule has 1 aliphatic carbocycles. The number of aliphatic carboxylic acids is 1. The Morgan fingerprint density at radius 1 is 1.44 bits per heavy atom. The van der Waals surface area contributed by atoms with Gasteiger partial charge in [0, 0.05) is 25.7 Å². The molecular weight excluding hydrogens is 210 g/mol. The van der Waals surface area contributed by atoms with Gasteiger partial charge in [-0.1, -0.05) is 0 Å². The van der Waals surface area contributed by atoms with Gasteiger partial charge in [0.05, 0.1) is 5.92 Å². The average molecular weight is 229 g/mol. The van der Waals surface area contributed by atoms with Gasteiger partial charge in [-0.25, -0.2) is 0 Å². The van der Waals surface area contributed by atoms with Crippen LogP contribution in [0.25, 0.3) is 0 Å². The number of carboxylic acids is 1. The highest BCUT2D eigenvalue weighted by atomic mass is 16.5. The normalized spacial score (nSPS) is 23.6. The maximum atomic E-state index is 11.4. The standard InChI is InChI=1S/C11H19NO4/c1-2-16-5-3-4-10(13)12-9-6-8(7-9)11(14)15/h8-9H,2-7H2,1H3,(H,12,13)(H,14,15). The van der Waals surface area contributed by atoms with Gasteiger partial charge in [-0.15, -0.1) is 0 Å². The molecule has 92 valence electrons. The molecule has 0 saturated heterocycles. The van der Waals surface area contributed by atoms with E-state index in [1.165, 1.54) is 0 Å². The van der Waals surface area contributed by atoms with Crippen LogP contribution in [-0.4, -0.2) is 36.2 Å². The average Bonchev–Trinajstić information content (AvgIpc) is 2.17. The van der Waals surface area contributed by atoms with E-state index in [1.54, 1.807) is 0 Å². The lowest BCUT2D eigenvalue weighted by molar-refractivity contribution is -0.146. The number of carbonyl (C=O) groups excluding carboxylic acids is 1. The van der Waals surface area contributed by atoms with E-state index in [1.807, 2.05) is 6.92 Å². The Bertz CT molecular complexity index is 248. The Morgan fingerprint density at radius 3 is 2.69 bits per heavy atom. The molecule has 1 saturated carbocycles. The van der Waals surface area contributed by atoms with Gasteiger partial charge in [0.2, 0.25) is 5.91 Å². The highest BCUT2D eigenvalue weighted by Crippen LogP contribution is 2.27. The summed E-state index contributed by atoms with van der Waals surface area (Å²) in [6, 6.07) is 0.0562. The van der Waals surface area contributed by atoms with E-state index in [9.17, 15) is 9.59 Å². The second-order valence-corrected chi connectivity index (χ2v) is 4.07. The minimum atomic E-state index is -0.762. The van der Waals surface area contributed by atoms with Gasteiger partial charge < -0.3 is 15.2 Å². The zero-order valence-corrected chi connectivity index (χ0v) is 9.57. The number of ether oxygens (including phenoxy) is 1. The molecule has 1 rings (SSSR count). The predicted octanol–water partition coefficient (Wildman–Crippen LogP) is 0.782. The van der Waals surface area contributed by atoms with Crippen LogP contribution in [0.5, 0.6) is 0 Å². The molecule has 0 aliphatic heterocycles. The van der Waals surface area contributed by atoms with Gasteiger partial charge in [0.15, 0.2) is 0 Å². The first kappa shape index (κ1) is 13.0. The van der Waals surface area contributed by atoms with Crippen molar-refractivity contribution in [2.24, 2.45) is 5.92 Å². The van der Waals surface area contributed by atoms with Crippen LogP contribution < -0.4 is 5.32 Å². The number of hydrogen-bond acceptors (Lipinski definition) is 3. The molecule has 1 aliphatic rings. The predicted molar refractivity (Wildman–Crippen MR) is 58.0 cm³/mol. The lowest BCUT2D eigenvalue weighted by Crippen LogP contribution is -2.46. The van der Waals surface area contributed by atoms with Crippen LogP contribution in [0.4, 0.5) is 0 Å². The lowest BCUT2D eigenvalue weighted by Gasteiger charge is -2.32. The molecule has 0 bridgehead atoms. The van der Waals surface area contributed by atoms with Gasteiger partial charge in [-0.2, -0.15) is 0 Å². The van der Waals surface area contributed by atoms with Crippen molar-refractivity contribution in [2.45, 2.75) is 38.6 Å². The van der Waals surface area contributed by atoms with Gasteiger partial charge in [0.25, 0.3) is 0 Å². The largest absolute Gasteiger partial charge is 0.481 e. The Morgan fingerprint density at radius 2 is 2.12 bits per heavy atom. The number of carboxylic acid groups (broad SMARTS) is 1. The van der Waals surface area contributed by atoms with Crippen molar-refractivity contribution < 1.29 is 19.4 Å². The first-order valence-electron chi connectivity index (χ1n) is 5.73. The molecule has 0 heterocycles. The van der Waals surface area contributed by atoms with Crippen LogP contribution in [0, 0.1) is 5.92 Å². The molecule has 0 aromatic rings. The van der Waals surface area contributed by atoms with E-state index < -0.39 is 5.97 Å². The van der Waals surface area contributed by atoms with Gasteiger partial charge in [0.1, 0.15) is 0 Å². The molecule has 0 atom stereocenters. The topological polar surface area (TPSA) is 75.6 Å². The smallest absolute Gasteiger partial charge is 0.306 e. The number of amides is 1. The van der Waals surface area contributed by atoms with Crippen molar-refractivity contribution in [2.75, 3.05) is 13.2 Å². The molecule has 0 aromatic carbocycles. The van der Waals surface area contributed by atoms with Gasteiger partial charge in [-0.3, -0.25) is 9.59 Å². The molecule has 0 aromatic heterocycles. The molecule has 0 unspecified atom stereocenters. The number of carbonyl (C=O) groups is 2. The fourth-order valence-electron chi connectivity index (χ4n) is 1.72. The lowest BCUT2D eigenvalue weighted by atomic mass is 9.80. The minimum absolute atomic E-state index is 0.00598. The molecule has 0 radical (unpaired) electrons. The fraction of sp³-hybridized carbons (Fsp3) is 0.818. The Hall–Kier alpha value is -1.10. The van der Waals surface area contributed by atoms with E-state index in [0.717, 1.165) is 6.42 Å². The number of nitrogens with one attached hydrogen (secondary N) is 1. The van der Waals surface area contributed by atoms with Crippen molar-refractivity contribution in [3.05, 3.63) is 0 Å². The maximum absolute atomic E-state index is 11.4. The first-order chi connectivity index (χ1) is 7.63. The Kier molecular flexibility index (Phi) is 5.25. The highest BCUT2D eigenvalue weighted by molar-refractivity contribution is 5.77.